The summed E-state index contributed by atoms with van der Waals surface area (Å²) >= 11 is 0. The highest BCUT2D eigenvalue weighted by Crippen LogP contribution is 2.58. The fraction of sp³-hybridized carbons (Fsp3) is 0.0588. The van der Waals surface area contributed by atoms with Crippen molar-refractivity contribution in [2.75, 3.05) is 0 Å². The third kappa shape index (κ3) is 4.15. The molecule has 0 atom stereocenters. The molecule has 2 heteroatoms. The molecule has 53 heavy (non-hydrogen) atoms. The van der Waals surface area contributed by atoms with Crippen molar-refractivity contribution in [3.8, 4) is 44.8 Å². The van der Waals surface area contributed by atoms with Gasteiger partial charge in [-0.15, -0.1) is 0 Å². The Hall–Kier alpha value is -6.64. The van der Waals surface area contributed by atoms with E-state index in [-0.39, 0.29) is 5.41 Å². The lowest BCUT2D eigenvalue weighted by Crippen LogP contribution is -2.15. The summed E-state index contributed by atoms with van der Waals surface area (Å²) in [5.41, 5.74) is 17.4. The molecular weight excluding hydrogens is 641 g/mol. The summed E-state index contributed by atoms with van der Waals surface area (Å²) in [5, 5.41) is 5.19. The van der Waals surface area contributed by atoms with E-state index in [1.54, 1.807) is 0 Å². The smallest absolute Gasteiger partial charge is 0.0644 e. The fourth-order valence-electron chi connectivity index (χ4n) is 9.44. The van der Waals surface area contributed by atoms with Crippen LogP contribution < -0.4 is 0 Å². The van der Waals surface area contributed by atoms with Gasteiger partial charge in [-0.05, 0) is 63.7 Å². The van der Waals surface area contributed by atoms with Crippen LogP contribution in [-0.4, -0.2) is 9.13 Å². The van der Waals surface area contributed by atoms with Crippen molar-refractivity contribution >= 4 is 43.6 Å². The van der Waals surface area contributed by atoms with Crippen molar-refractivity contribution in [2.45, 2.75) is 19.3 Å². The minimum absolute atomic E-state index is 0.224. The topological polar surface area (TPSA) is 9.86 Å². The van der Waals surface area contributed by atoms with Crippen molar-refractivity contribution in [2.24, 2.45) is 0 Å². The lowest BCUT2D eigenvalue weighted by molar-refractivity contribution is 0.667. The summed E-state index contributed by atoms with van der Waals surface area (Å²) in [6.07, 6.45) is 0. The summed E-state index contributed by atoms with van der Waals surface area (Å²) in [7, 11) is 0. The van der Waals surface area contributed by atoms with E-state index in [4.69, 9.17) is 0 Å². The molecule has 0 N–H and O–H groups in total. The van der Waals surface area contributed by atoms with Crippen LogP contribution in [0.15, 0.2) is 182 Å². The summed E-state index contributed by atoms with van der Waals surface area (Å²) in [6.45, 7) is 4.85. The van der Waals surface area contributed by atoms with E-state index in [1.807, 2.05) is 0 Å². The molecule has 0 bridgehead atoms. The zero-order valence-corrected chi connectivity index (χ0v) is 29.7. The maximum atomic E-state index is 2.58. The quantitative estimate of drug-likeness (QED) is 0.176. The monoisotopic (exact) mass is 676 g/mol. The van der Waals surface area contributed by atoms with Gasteiger partial charge in [-0.1, -0.05) is 166 Å². The van der Waals surface area contributed by atoms with Crippen molar-refractivity contribution in [3.05, 3.63) is 193 Å². The van der Waals surface area contributed by atoms with Crippen LogP contribution in [0.3, 0.4) is 0 Å². The van der Waals surface area contributed by atoms with Gasteiger partial charge < -0.3 is 9.13 Å². The Kier molecular flexibility index (Phi) is 6.33. The molecular formula is C51H36N2. The van der Waals surface area contributed by atoms with Gasteiger partial charge in [0.1, 0.15) is 0 Å². The molecule has 11 rings (SSSR count). The van der Waals surface area contributed by atoms with E-state index in [0.717, 1.165) is 0 Å². The van der Waals surface area contributed by atoms with Gasteiger partial charge >= 0.3 is 0 Å². The Bertz CT molecular complexity index is 3050. The second-order valence-electron chi connectivity index (χ2n) is 14.9. The predicted octanol–water partition coefficient (Wildman–Crippen LogP) is 13.5. The van der Waals surface area contributed by atoms with Gasteiger partial charge in [0.25, 0.3) is 0 Å². The molecule has 0 saturated heterocycles. The first-order chi connectivity index (χ1) is 26.1. The standard InChI is InChI=1S/C51H36N2/c1-51(2)41-25-13-9-22-38(41)45-48(51)46-39-23-11-15-27-43(39)52(36-19-7-4-8-20-36)49(46)47-40-24-12-16-28-44(40)53(50(45)47)42-26-14-10-21-37(42)35-31-29-34(30-32-35)33-17-5-3-6-18-33/h3-32H,1-2H3. The molecule has 0 unspecified atom stereocenters. The molecule has 250 valence electrons. The maximum Gasteiger partial charge on any atom is 0.0644 e. The normalized spacial score (nSPS) is 13.2. The van der Waals surface area contributed by atoms with Crippen molar-refractivity contribution in [1.82, 2.24) is 9.13 Å². The van der Waals surface area contributed by atoms with Crippen LogP contribution in [0.25, 0.3) is 88.4 Å². The molecule has 1 aliphatic carbocycles. The van der Waals surface area contributed by atoms with Crippen LogP contribution in [0.2, 0.25) is 0 Å². The Labute approximate surface area is 308 Å². The Balaban J connectivity index is 1.34. The lowest BCUT2D eigenvalue weighted by Gasteiger charge is -2.23. The largest absolute Gasteiger partial charge is 0.309 e. The molecule has 0 radical (unpaired) electrons. The SMILES string of the molecule is CC1(C)c2ccccc2-c2c1c1c3ccccc3n(-c3ccccc3)c1c1c3ccccc3n(-c3ccccc3-c3ccc(-c4ccccc4)cc3)c21. The van der Waals surface area contributed by atoms with Crippen LogP contribution in [0.5, 0.6) is 0 Å². The number of fused-ring (bicyclic) bond motifs is 12. The highest BCUT2D eigenvalue weighted by Gasteiger charge is 2.41. The minimum Gasteiger partial charge on any atom is -0.309 e. The third-order valence-electron chi connectivity index (χ3n) is 11.7. The molecule has 2 aromatic heterocycles. The highest BCUT2D eigenvalue weighted by atomic mass is 15.0. The molecule has 2 heterocycles. The first-order valence-corrected chi connectivity index (χ1v) is 18.5. The zero-order chi connectivity index (χ0) is 35.3. The molecule has 0 amide bonds. The number of aromatic nitrogens is 2. The summed E-state index contributed by atoms with van der Waals surface area (Å²) in [5.74, 6) is 0. The molecule has 1 aliphatic rings. The van der Waals surface area contributed by atoms with Crippen LogP contribution in [-0.2, 0) is 5.41 Å². The molecule has 0 spiro atoms. The maximum absolute atomic E-state index is 2.58. The Morgan fingerprint density at radius 3 is 1.66 bits per heavy atom. The number of hydrogen-bond donors (Lipinski definition) is 0. The van der Waals surface area contributed by atoms with Crippen LogP contribution in [0.4, 0.5) is 0 Å². The van der Waals surface area contributed by atoms with E-state index in [0.29, 0.717) is 0 Å². The van der Waals surface area contributed by atoms with Crippen molar-refractivity contribution < 1.29 is 0 Å². The lowest BCUT2D eigenvalue weighted by atomic mass is 9.80. The predicted molar refractivity (Wildman–Crippen MR) is 224 cm³/mol. The number of rotatable bonds is 4. The van der Waals surface area contributed by atoms with Gasteiger partial charge in [0.2, 0.25) is 0 Å². The zero-order valence-electron chi connectivity index (χ0n) is 29.7. The molecule has 0 saturated carbocycles. The van der Waals surface area contributed by atoms with Gasteiger partial charge in [0, 0.05) is 43.8 Å². The average Bonchev–Trinajstić information content (AvgIpc) is 3.82. The average molecular weight is 677 g/mol. The second kappa shape index (κ2) is 11.2. The molecule has 2 nitrogen and oxygen atoms in total. The van der Waals surface area contributed by atoms with Crippen LogP contribution >= 0.6 is 0 Å². The second-order valence-corrected chi connectivity index (χ2v) is 14.9. The first-order valence-electron chi connectivity index (χ1n) is 18.5. The van der Waals surface area contributed by atoms with Gasteiger partial charge in [-0.3, -0.25) is 0 Å². The van der Waals surface area contributed by atoms with E-state index in [9.17, 15) is 0 Å². The van der Waals surface area contributed by atoms with Gasteiger partial charge in [-0.2, -0.15) is 0 Å². The molecule has 10 aromatic rings. The first kappa shape index (κ1) is 30.0. The van der Waals surface area contributed by atoms with Crippen molar-refractivity contribution in [1.29, 1.82) is 0 Å². The number of hydrogen-bond acceptors (Lipinski definition) is 0. The van der Waals surface area contributed by atoms with Gasteiger partial charge in [0.05, 0.1) is 27.8 Å². The fourth-order valence-corrected chi connectivity index (χ4v) is 9.44. The Morgan fingerprint density at radius 1 is 0.396 bits per heavy atom. The van der Waals surface area contributed by atoms with E-state index in [2.05, 4.69) is 205 Å². The van der Waals surface area contributed by atoms with Gasteiger partial charge in [-0.25, -0.2) is 0 Å². The van der Waals surface area contributed by atoms with E-state index >= 15 is 0 Å². The van der Waals surface area contributed by atoms with E-state index < -0.39 is 0 Å². The van der Waals surface area contributed by atoms with E-state index in [1.165, 1.54) is 99.5 Å². The van der Waals surface area contributed by atoms with Gasteiger partial charge in [0.15, 0.2) is 0 Å². The number of nitrogens with zero attached hydrogens (tertiary/aromatic N) is 2. The van der Waals surface area contributed by atoms with Crippen LogP contribution in [0.1, 0.15) is 25.0 Å². The van der Waals surface area contributed by atoms with Crippen LogP contribution in [0, 0.1) is 0 Å². The third-order valence-corrected chi connectivity index (χ3v) is 11.7. The number of para-hydroxylation sites is 4. The van der Waals surface area contributed by atoms with Crippen molar-refractivity contribution in [3.63, 3.8) is 0 Å². The Morgan fingerprint density at radius 2 is 0.925 bits per heavy atom. The minimum atomic E-state index is -0.224. The summed E-state index contributed by atoms with van der Waals surface area (Å²) in [4.78, 5) is 0. The molecule has 0 fully saturated rings. The summed E-state index contributed by atoms with van der Waals surface area (Å²) < 4.78 is 5.10. The summed E-state index contributed by atoms with van der Waals surface area (Å²) in [6, 6.07) is 66.7. The number of benzene rings is 8. The molecule has 0 aliphatic heterocycles. The molecule has 8 aromatic carbocycles. The highest BCUT2D eigenvalue weighted by molar-refractivity contribution is 6.31.